The smallest absolute Gasteiger partial charge is 0.264 e. The lowest BCUT2D eigenvalue weighted by Crippen LogP contribution is -2.52. The molecule has 0 bridgehead atoms. The molecule has 220 valence electrons. The molecule has 3 aromatic rings. The summed E-state index contributed by atoms with van der Waals surface area (Å²) in [5.41, 5.74) is 0.839. The topological polar surface area (TPSA) is 105 Å². The third-order valence-electron chi connectivity index (χ3n) is 6.70. The van der Waals surface area contributed by atoms with E-state index < -0.39 is 34.3 Å². The van der Waals surface area contributed by atoms with Gasteiger partial charge in [-0.3, -0.25) is 13.9 Å². The van der Waals surface area contributed by atoms with E-state index in [1.54, 1.807) is 37.3 Å². The number of amides is 2. The second-order valence-electron chi connectivity index (χ2n) is 9.51. The van der Waals surface area contributed by atoms with E-state index in [2.05, 4.69) is 5.32 Å². The number of carbonyl (C=O) groups is 2. The lowest BCUT2D eigenvalue weighted by atomic mass is 10.1. The van der Waals surface area contributed by atoms with E-state index in [1.165, 1.54) is 61.6 Å². The predicted molar refractivity (Wildman–Crippen MR) is 155 cm³/mol. The van der Waals surface area contributed by atoms with Gasteiger partial charge >= 0.3 is 0 Å². The van der Waals surface area contributed by atoms with Gasteiger partial charge in [0.25, 0.3) is 10.0 Å². The molecule has 0 fully saturated rings. The summed E-state index contributed by atoms with van der Waals surface area (Å²) in [6, 6.07) is 16.9. The number of carbonyl (C=O) groups excluding carboxylic acids is 2. The van der Waals surface area contributed by atoms with Crippen molar-refractivity contribution in [1.29, 1.82) is 0 Å². The highest BCUT2D eigenvalue weighted by Gasteiger charge is 2.33. The van der Waals surface area contributed by atoms with Crippen LogP contribution in [-0.2, 0) is 26.2 Å². The quantitative estimate of drug-likeness (QED) is 0.320. The van der Waals surface area contributed by atoms with Crippen molar-refractivity contribution >= 4 is 27.5 Å². The highest BCUT2D eigenvalue weighted by atomic mass is 32.2. The highest BCUT2D eigenvalue weighted by Crippen LogP contribution is 2.32. The molecule has 0 saturated heterocycles. The number of ether oxygens (including phenoxy) is 2. The van der Waals surface area contributed by atoms with Crippen LogP contribution in [0.1, 0.15) is 32.8 Å². The van der Waals surface area contributed by atoms with Gasteiger partial charge in [0.1, 0.15) is 18.4 Å². The molecule has 2 amide bonds. The summed E-state index contributed by atoms with van der Waals surface area (Å²) >= 11 is 0. The lowest BCUT2D eigenvalue weighted by molar-refractivity contribution is -0.139. The van der Waals surface area contributed by atoms with Gasteiger partial charge in [-0.1, -0.05) is 37.3 Å². The molecular formula is C30H36FN3O6S. The molecule has 1 N–H and O–H groups in total. The SMILES string of the molecule is CCC(C)NC(=O)C(C)N(Cc1ccc(F)cc1)C(=O)CN(c1ccccc1)S(=O)(=O)c1ccc(OC)c(OC)c1. The zero-order valence-electron chi connectivity index (χ0n) is 23.8. The molecule has 0 aliphatic heterocycles. The molecule has 0 aliphatic rings. The van der Waals surface area contributed by atoms with Crippen molar-refractivity contribution in [2.45, 2.75) is 50.7 Å². The van der Waals surface area contributed by atoms with E-state index in [0.717, 1.165) is 4.31 Å². The molecule has 3 aromatic carbocycles. The van der Waals surface area contributed by atoms with Crippen molar-refractivity contribution in [2.75, 3.05) is 25.1 Å². The van der Waals surface area contributed by atoms with Crippen LogP contribution < -0.4 is 19.1 Å². The van der Waals surface area contributed by atoms with Crippen molar-refractivity contribution in [3.63, 3.8) is 0 Å². The molecule has 0 aromatic heterocycles. The number of rotatable bonds is 13. The number of benzene rings is 3. The number of nitrogens with one attached hydrogen (secondary N) is 1. The number of para-hydroxylation sites is 1. The summed E-state index contributed by atoms with van der Waals surface area (Å²) in [4.78, 5) is 28.2. The predicted octanol–water partition coefficient (Wildman–Crippen LogP) is 4.37. The Labute approximate surface area is 240 Å². The summed E-state index contributed by atoms with van der Waals surface area (Å²) in [5.74, 6) is -0.884. The van der Waals surface area contributed by atoms with Crippen LogP contribution in [0.15, 0.2) is 77.7 Å². The third kappa shape index (κ3) is 7.75. The zero-order valence-corrected chi connectivity index (χ0v) is 24.7. The van der Waals surface area contributed by atoms with Gasteiger partial charge in [-0.2, -0.15) is 0 Å². The maximum Gasteiger partial charge on any atom is 0.264 e. The van der Waals surface area contributed by atoms with Gasteiger partial charge < -0.3 is 19.7 Å². The Morgan fingerprint density at radius 3 is 2.15 bits per heavy atom. The van der Waals surface area contributed by atoms with Crippen LogP contribution in [0.2, 0.25) is 0 Å². The van der Waals surface area contributed by atoms with Gasteiger partial charge in [-0.05, 0) is 62.2 Å². The standard InChI is InChI=1S/C30H36FN3O6S/c1-6-21(2)32-30(36)22(3)33(19-23-12-14-24(31)15-13-23)29(35)20-34(25-10-8-7-9-11-25)41(37,38)26-16-17-27(39-4)28(18-26)40-5/h7-18,21-22H,6,19-20H2,1-5H3,(H,32,36). The minimum Gasteiger partial charge on any atom is -0.493 e. The van der Waals surface area contributed by atoms with E-state index in [9.17, 15) is 22.4 Å². The summed E-state index contributed by atoms with van der Waals surface area (Å²) < 4.78 is 53.1. The first-order valence-electron chi connectivity index (χ1n) is 13.2. The number of hydrogen-bond donors (Lipinski definition) is 1. The first-order chi connectivity index (χ1) is 19.5. The number of nitrogens with zero attached hydrogens (tertiary/aromatic N) is 2. The molecule has 11 heteroatoms. The highest BCUT2D eigenvalue weighted by molar-refractivity contribution is 7.92. The molecule has 0 aliphatic carbocycles. The van der Waals surface area contributed by atoms with Gasteiger partial charge in [-0.25, -0.2) is 12.8 Å². The van der Waals surface area contributed by atoms with Crippen molar-refractivity contribution < 1.29 is 31.9 Å². The van der Waals surface area contributed by atoms with Crippen LogP contribution in [-0.4, -0.2) is 58.0 Å². The normalized spacial score (nSPS) is 12.6. The lowest BCUT2D eigenvalue weighted by Gasteiger charge is -2.32. The summed E-state index contributed by atoms with van der Waals surface area (Å²) in [6.45, 7) is 4.72. The van der Waals surface area contributed by atoms with Crippen molar-refractivity contribution in [3.05, 3.63) is 84.2 Å². The Bertz CT molecular complexity index is 1430. The number of hydrogen-bond acceptors (Lipinski definition) is 6. The van der Waals surface area contributed by atoms with E-state index in [1.807, 2.05) is 13.8 Å². The molecule has 0 radical (unpaired) electrons. The van der Waals surface area contributed by atoms with E-state index in [4.69, 9.17) is 9.47 Å². The molecule has 0 heterocycles. The van der Waals surface area contributed by atoms with E-state index in [0.29, 0.717) is 17.7 Å². The van der Waals surface area contributed by atoms with Crippen LogP contribution in [0.5, 0.6) is 11.5 Å². The van der Waals surface area contributed by atoms with E-state index >= 15 is 0 Å². The number of sulfonamides is 1. The van der Waals surface area contributed by atoms with Gasteiger partial charge in [0.15, 0.2) is 11.5 Å². The van der Waals surface area contributed by atoms with Crippen molar-refractivity contribution in [1.82, 2.24) is 10.2 Å². The summed E-state index contributed by atoms with van der Waals surface area (Å²) in [5, 5.41) is 2.87. The van der Waals surface area contributed by atoms with E-state index in [-0.39, 0.29) is 34.8 Å². The van der Waals surface area contributed by atoms with Gasteiger partial charge in [0.05, 0.1) is 24.8 Å². The zero-order chi connectivity index (χ0) is 30.2. The second kappa shape index (κ2) is 14.0. The molecule has 9 nitrogen and oxygen atoms in total. The van der Waals surface area contributed by atoms with Crippen LogP contribution in [0.25, 0.3) is 0 Å². The van der Waals surface area contributed by atoms with Gasteiger partial charge in [0, 0.05) is 18.7 Å². The molecule has 0 saturated carbocycles. The summed E-state index contributed by atoms with van der Waals surface area (Å²) in [6.07, 6.45) is 0.690. The Hall–Kier alpha value is -4.12. The number of anilines is 1. The Morgan fingerprint density at radius 1 is 0.927 bits per heavy atom. The summed E-state index contributed by atoms with van der Waals surface area (Å²) in [7, 11) is -1.45. The molecule has 41 heavy (non-hydrogen) atoms. The average Bonchev–Trinajstić information content (AvgIpc) is 2.98. The van der Waals surface area contributed by atoms with Crippen molar-refractivity contribution in [2.24, 2.45) is 0 Å². The Morgan fingerprint density at radius 2 is 1.56 bits per heavy atom. The fourth-order valence-corrected chi connectivity index (χ4v) is 5.49. The first kappa shape index (κ1) is 31.4. The Kier molecular flexibility index (Phi) is 10.7. The second-order valence-corrected chi connectivity index (χ2v) is 11.4. The van der Waals surface area contributed by atoms with Crippen LogP contribution in [0, 0.1) is 5.82 Å². The maximum absolute atomic E-state index is 14.0. The van der Waals surface area contributed by atoms with Crippen LogP contribution >= 0.6 is 0 Å². The Balaban J connectivity index is 2.03. The average molecular weight is 586 g/mol. The van der Waals surface area contributed by atoms with Crippen LogP contribution in [0.4, 0.5) is 10.1 Å². The number of methoxy groups -OCH3 is 2. The third-order valence-corrected chi connectivity index (χ3v) is 8.47. The number of halogens is 1. The molecule has 0 spiro atoms. The molecule has 3 rings (SSSR count). The molecular weight excluding hydrogens is 549 g/mol. The minimum absolute atomic E-state index is 0.0345. The fraction of sp³-hybridized carbons (Fsp3) is 0.333. The van der Waals surface area contributed by atoms with Crippen LogP contribution in [0.3, 0.4) is 0 Å². The monoisotopic (exact) mass is 585 g/mol. The molecule has 2 unspecified atom stereocenters. The largest absolute Gasteiger partial charge is 0.493 e. The minimum atomic E-state index is -4.29. The first-order valence-corrected chi connectivity index (χ1v) is 14.6. The molecule has 2 atom stereocenters. The maximum atomic E-state index is 14.0. The van der Waals surface area contributed by atoms with Gasteiger partial charge in [0.2, 0.25) is 11.8 Å². The van der Waals surface area contributed by atoms with Crippen molar-refractivity contribution in [3.8, 4) is 11.5 Å². The fourth-order valence-electron chi connectivity index (χ4n) is 4.06. The van der Waals surface area contributed by atoms with Gasteiger partial charge in [-0.15, -0.1) is 0 Å².